The summed E-state index contributed by atoms with van der Waals surface area (Å²) in [5.41, 5.74) is 1.43. The molecule has 0 unspecified atom stereocenters. The van der Waals surface area contributed by atoms with Crippen LogP contribution in [0.1, 0.15) is 13.3 Å². The molecule has 1 aliphatic rings. The summed E-state index contributed by atoms with van der Waals surface area (Å²) in [5.74, 6) is 0. The van der Waals surface area contributed by atoms with Crippen molar-refractivity contribution >= 4 is 0 Å². The second-order valence-corrected chi connectivity index (χ2v) is 3.03. The standard InChI is InChI=1S/C6H7.Pt/c1-6-4-2-3-5-6;/h2,4H,3H2,1H3;. The van der Waals surface area contributed by atoms with E-state index >= 15 is 0 Å². The van der Waals surface area contributed by atoms with Crippen LogP contribution in [-0.4, -0.2) is 0 Å². The topological polar surface area (TPSA) is 0 Å². The number of hydrogen-bond donors (Lipinski definition) is 0. The van der Waals surface area contributed by atoms with Crippen molar-refractivity contribution in [3.05, 3.63) is 21.7 Å². The zero-order valence-corrected chi connectivity index (χ0v) is 6.45. The minimum absolute atomic E-state index is 1.16. The molecule has 0 N–H and O–H groups in total. The van der Waals surface area contributed by atoms with Gasteiger partial charge in [-0.15, -0.1) is 0 Å². The molecule has 0 saturated carbocycles. The molecule has 1 heteroatoms. The monoisotopic (exact) mass is 274 g/mol. The van der Waals surface area contributed by atoms with Gasteiger partial charge < -0.3 is 0 Å². The first-order chi connectivity index (χ1) is 3.30. The second kappa shape index (κ2) is 1.96. The van der Waals surface area contributed by atoms with Crippen molar-refractivity contribution in [2.24, 2.45) is 0 Å². The van der Waals surface area contributed by atoms with E-state index in [4.69, 9.17) is 0 Å². The Morgan fingerprint density at radius 3 is 2.57 bits per heavy atom. The fourth-order valence-corrected chi connectivity index (χ4v) is 1.04. The molecule has 0 saturated heterocycles. The van der Waals surface area contributed by atoms with E-state index in [-0.39, 0.29) is 0 Å². The van der Waals surface area contributed by atoms with Gasteiger partial charge in [-0.25, -0.2) is 0 Å². The first-order valence-corrected chi connectivity index (χ1v) is 3.43. The van der Waals surface area contributed by atoms with Crippen LogP contribution < -0.4 is 0 Å². The first-order valence-electron chi connectivity index (χ1n) is 2.29. The van der Waals surface area contributed by atoms with E-state index in [1.807, 2.05) is 0 Å². The van der Waals surface area contributed by atoms with Gasteiger partial charge in [-0.2, -0.15) is 0 Å². The van der Waals surface area contributed by atoms with E-state index in [0.29, 0.717) is 0 Å². The fraction of sp³-hybridized carbons (Fsp3) is 0.333. The van der Waals surface area contributed by atoms with E-state index < -0.39 is 0 Å². The van der Waals surface area contributed by atoms with Gasteiger partial charge in [-0.1, -0.05) is 0 Å². The fourth-order valence-electron chi connectivity index (χ4n) is 0.578. The van der Waals surface area contributed by atoms with Crippen molar-refractivity contribution in [2.75, 3.05) is 0 Å². The van der Waals surface area contributed by atoms with Crippen molar-refractivity contribution in [3.8, 4) is 0 Å². The summed E-state index contributed by atoms with van der Waals surface area (Å²) < 4.78 is 1.49. The molecule has 0 aliphatic heterocycles. The van der Waals surface area contributed by atoms with Crippen LogP contribution >= 0.6 is 0 Å². The Kier molecular flexibility index (Phi) is 1.49. The van der Waals surface area contributed by atoms with Gasteiger partial charge in [-0.05, 0) is 0 Å². The average Bonchev–Trinajstić information content (AvgIpc) is 1.91. The molecule has 1 rings (SSSR count). The van der Waals surface area contributed by atoms with E-state index in [1.54, 1.807) is 0 Å². The van der Waals surface area contributed by atoms with Crippen LogP contribution in [0.4, 0.5) is 0 Å². The van der Waals surface area contributed by atoms with Crippen LogP contribution in [0.3, 0.4) is 0 Å². The molecule has 41 valence electrons. The SMILES string of the molecule is CC1=[C]([Pt])CC=C1. The Bertz CT molecular complexity index is 131. The molecule has 0 aromatic heterocycles. The molecule has 0 radical (unpaired) electrons. The van der Waals surface area contributed by atoms with Gasteiger partial charge in [-0.3, -0.25) is 0 Å². The molecule has 0 aromatic rings. The maximum absolute atomic E-state index is 2.36. The van der Waals surface area contributed by atoms with Crippen molar-refractivity contribution in [1.29, 1.82) is 0 Å². The molecule has 0 amide bonds. The van der Waals surface area contributed by atoms with Gasteiger partial charge in [0.25, 0.3) is 0 Å². The normalized spacial score (nSPS) is 19.3. The van der Waals surface area contributed by atoms with Crippen LogP contribution in [0.5, 0.6) is 0 Å². The molecule has 0 heterocycles. The number of allylic oxidation sites excluding steroid dienone is 4. The van der Waals surface area contributed by atoms with E-state index in [2.05, 4.69) is 38.9 Å². The molecule has 0 aromatic carbocycles. The van der Waals surface area contributed by atoms with Crippen molar-refractivity contribution in [2.45, 2.75) is 13.3 Å². The Balaban J connectivity index is 2.79. The molecular weight excluding hydrogens is 267 g/mol. The van der Waals surface area contributed by atoms with Crippen molar-refractivity contribution < 1.29 is 19.8 Å². The Labute approximate surface area is 55.2 Å². The van der Waals surface area contributed by atoms with Gasteiger partial charge in [0.1, 0.15) is 0 Å². The molecular formula is C6H7Pt. The zero-order chi connectivity index (χ0) is 5.28. The van der Waals surface area contributed by atoms with Gasteiger partial charge >= 0.3 is 54.8 Å². The Morgan fingerprint density at radius 2 is 2.43 bits per heavy atom. The molecule has 0 spiro atoms. The van der Waals surface area contributed by atoms with Crippen LogP contribution in [0.15, 0.2) is 21.7 Å². The average molecular weight is 274 g/mol. The Hall–Kier alpha value is 0.168. The summed E-state index contributed by atoms with van der Waals surface area (Å²) in [6.07, 6.45) is 5.52. The summed E-state index contributed by atoms with van der Waals surface area (Å²) in [5, 5.41) is 0. The quantitative estimate of drug-likeness (QED) is 0.631. The van der Waals surface area contributed by atoms with Gasteiger partial charge in [0, 0.05) is 0 Å². The molecule has 0 nitrogen and oxygen atoms in total. The van der Waals surface area contributed by atoms with Crippen LogP contribution in [0, 0.1) is 0 Å². The van der Waals surface area contributed by atoms with E-state index in [9.17, 15) is 0 Å². The van der Waals surface area contributed by atoms with Gasteiger partial charge in [0.2, 0.25) is 0 Å². The molecule has 7 heavy (non-hydrogen) atoms. The Morgan fingerprint density at radius 1 is 1.71 bits per heavy atom. The minimum atomic E-state index is 1.16. The molecule has 0 bridgehead atoms. The predicted octanol–water partition coefficient (Wildman–Crippen LogP) is 1.77. The summed E-state index contributed by atoms with van der Waals surface area (Å²) >= 11 is 2.36. The number of hydrogen-bond acceptors (Lipinski definition) is 0. The van der Waals surface area contributed by atoms with Crippen LogP contribution in [0.2, 0.25) is 0 Å². The molecule has 0 fully saturated rings. The summed E-state index contributed by atoms with van der Waals surface area (Å²) in [7, 11) is 0. The van der Waals surface area contributed by atoms with E-state index in [1.165, 1.54) is 9.54 Å². The van der Waals surface area contributed by atoms with Crippen LogP contribution in [-0.2, 0) is 19.8 Å². The molecule has 0 atom stereocenters. The van der Waals surface area contributed by atoms with Gasteiger partial charge in [0.05, 0.1) is 0 Å². The third-order valence-corrected chi connectivity index (χ3v) is 2.42. The predicted molar refractivity (Wildman–Crippen MR) is 26.5 cm³/mol. The first kappa shape index (κ1) is 5.31. The van der Waals surface area contributed by atoms with Crippen LogP contribution in [0.25, 0.3) is 0 Å². The van der Waals surface area contributed by atoms with Crippen molar-refractivity contribution in [1.82, 2.24) is 0 Å². The van der Waals surface area contributed by atoms with Gasteiger partial charge in [0.15, 0.2) is 0 Å². The number of rotatable bonds is 0. The molecule has 1 aliphatic carbocycles. The third kappa shape index (κ3) is 1.04. The maximum atomic E-state index is 2.36. The summed E-state index contributed by atoms with van der Waals surface area (Å²) in [6.45, 7) is 2.14. The zero-order valence-electron chi connectivity index (χ0n) is 4.18. The second-order valence-electron chi connectivity index (χ2n) is 1.66. The van der Waals surface area contributed by atoms with Crippen molar-refractivity contribution in [3.63, 3.8) is 0 Å². The third-order valence-electron chi connectivity index (χ3n) is 1.06. The van der Waals surface area contributed by atoms with E-state index in [0.717, 1.165) is 6.42 Å². The summed E-state index contributed by atoms with van der Waals surface area (Å²) in [6, 6.07) is 0. The summed E-state index contributed by atoms with van der Waals surface area (Å²) in [4.78, 5) is 0.